The molecule has 21 heavy (non-hydrogen) atoms. The number of carbonyl (C=O) groups excluding carboxylic acids is 1. The Morgan fingerprint density at radius 3 is 2.86 bits per heavy atom. The van der Waals surface area contributed by atoms with Crippen LogP contribution >= 0.6 is 0 Å². The van der Waals surface area contributed by atoms with E-state index in [-0.39, 0.29) is 17.3 Å². The Kier molecular flexibility index (Phi) is 3.29. The summed E-state index contributed by atoms with van der Waals surface area (Å²) in [5.41, 5.74) is 0.0493. The van der Waals surface area contributed by atoms with Crippen LogP contribution in [0.5, 0.6) is 0 Å². The van der Waals surface area contributed by atoms with Crippen molar-refractivity contribution < 1.29 is 9.53 Å². The Labute approximate surface area is 124 Å². The lowest BCUT2D eigenvalue weighted by atomic mass is 9.63. The average Bonchev–Trinajstić information content (AvgIpc) is 2.87. The van der Waals surface area contributed by atoms with Crippen molar-refractivity contribution in [2.45, 2.75) is 44.6 Å². The van der Waals surface area contributed by atoms with Gasteiger partial charge in [-0.15, -0.1) is 0 Å². The largest absolute Gasteiger partial charge is 0.374 e. The van der Waals surface area contributed by atoms with E-state index in [4.69, 9.17) is 4.74 Å². The summed E-state index contributed by atoms with van der Waals surface area (Å²) in [7, 11) is 0. The minimum Gasteiger partial charge on any atom is -0.374 e. The van der Waals surface area contributed by atoms with Gasteiger partial charge in [0, 0.05) is 29.9 Å². The van der Waals surface area contributed by atoms with E-state index in [1.165, 1.54) is 0 Å². The number of hydrogen-bond donors (Lipinski definition) is 0. The first-order valence-electron chi connectivity index (χ1n) is 7.30. The van der Waals surface area contributed by atoms with Gasteiger partial charge in [-0.3, -0.25) is 14.8 Å². The van der Waals surface area contributed by atoms with Gasteiger partial charge in [0.1, 0.15) is 5.92 Å². The molecule has 0 bridgehead atoms. The fourth-order valence-electron chi connectivity index (χ4n) is 3.83. The number of nitriles is 1. The summed E-state index contributed by atoms with van der Waals surface area (Å²) in [5.74, 6) is -0.321. The molecule has 1 aliphatic heterocycles. The van der Waals surface area contributed by atoms with Crippen LogP contribution in [0.25, 0.3) is 0 Å². The van der Waals surface area contributed by atoms with Gasteiger partial charge in [0.05, 0.1) is 24.0 Å². The van der Waals surface area contributed by atoms with E-state index < -0.39 is 11.3 Å². The van der Waals surface area contributed by atoms with Gasteiger partial charge < -0.3 is 4.74 Å². The first-order valence-corrected chi connectivity index (χ1v) is 7.30. The average molecular weight is 285 g/mol. The minimum absolute atomic E-state index is 0.0437. The van der Waals surface area contributed by atoms with Gasteiger partial charge in [0.2, 0.25) is 0 Å². The second kappa shape index (κ2) is 4.88. The SMILES string of the molecule is CC1(C)CC2(CC(C#N)C1=O)CC(c1cnccn1)CO2. The van der Waals surface area contributed by atoms with Crippen LogP contribution < -0.4 is 0 Å². The minimum atomic E-state index is -0.561. The highest BCUT2D eigenvalue weighted by atomic mass is 16.5. The lowest BCUT2D eigenvalue weighted by molar-refractivity contribution is -0.144. The van der Waals surface area contributed by atoms with Crippen LogP contribution in [0.3, 0.4) is 0 Å². The van der Waals surface area contributed by atoms with E-state index in [0.717, 1.165) is 12.1 Å². The standard InChI is InChI=1S/C16H19N3O2/c1-15(2)10-16(5-11(7-17)14(15)20)6-12(9-21-16)13-8-18-3-4-19-13/h3-4,8,11-12H,5-6,9-10H2,1-2H3. The fourth-order valence-corrected chi connectivity index (χ4v) is 3.83. The topological polar surface area (TPSA) is 75.9 Å². The molecule has 2 aliphatic rings. The lowest BCUT2D eigenvalue weighted by Crippen LogP contribution is -2.48. The first-order chi connectivity index (χ1) is 9.96. The Hall–Kier alpha value is -1.80. The summed E-state index contributed by atoms with van der Waals surface area (Å²) in [4.78, 5) is 20.7. The first kappa shape index (κ1) is 14.2. The van der Waals surface area contributed by atoms with Gasteiger partial charge in [-0.2, -0.15) is 5.26 Å². The molecule has 1 aromatic heterocycles. The van der Waals surface area contributed by atoms with E-state index in [1.54, 1.807) is 18.6 Å². The van der Waals surface area contributed by atoms with Crippen molar-refractivity contribution in [3.05, 3.63) is 24.3 Å². The van der Waals surface area contributed by atoms with E-state index in [1.807, 2.05) is 13.8 Å². The van der Waals surface area contributed by atoms with Crippen LogP contribution in [0.2, 0.25) is 0 Å². The maximum Gasteiger partial charge on any atom is 0.155 e. The van der Waals surface area contributed by atoms with Gasteiger partial charge >= 0.3 is 0 Å². The number of Topliss-reactive ketones (excluding diaryl/α,β-unsaturated/α-hetero) is 1. The lowest BCUT2D eigenvalue weighted by Gasteiger charge is -2.42. The number of ketones is 1. The molecule has 2 heterocycles. The molecule has 3 unspecified atom stereocenters. The summed E-state index contributed by atoms with van der Waals surface area (Å²) < 4.78 is 6.09. The Morgan fingerprint density at radius 1 is 1.38 bits per heavy atom. The summed E-state index contributed by atoms with van der Waals surface area (Å²) in [6.07, 6.45) is 7.10. The quantitative estimate of drug-likeness (QED) is 0.791. The van der Waals surface area contributed by atoms with Gasteiger partial charge in [-0.05, 0) is 19.3 Å². The molecule has 1 saturated heterocycles. The third-order valence-electron chi connectivity index (χ3n) is 4.69. The molecule has 1 aromatic rings. The van der Waals surface area contributed by atoms with Crippen LogP contribution in [0, 0.1) is 22.7 Å². The van der Waals surface area contributed by atoms with E-state index in [9.17, 15) is 10.1 Å². The number of rotatable bonds is 1. The van der Waals surface area contributed by atoms with E-state index >= 15 is 0 Å². The monoisotopic (exact) mass is 285 g/mol. The molecule has 0 aromatic carbocycles. The second-order valence-electron chi connectivity index (χ2n) is 6.84. The summed E-state index contributed by atoms with van der Waals surface area (Å²) in [5, 5.41) is 9.27. The van der Waals surface area contributed by atoms with Crippen molar-refractivity contribution >= 4 is 5.78 Å². The van der Waals surface area contributed by atoms with Crippen molar-refractivity contribution in [1.82, 2.24) is 9.97 Å². The molecular formula is C16H19N3O2. The zero-order chi connectivity index (χ0) is 15.1. The molecule has 110 valence electrons. The maximum atomic E-state index is 12.3. The normalized spacial score (nSPS) is 34.8. The molecular weight excluding hydrogens is 266 g/mol. The van der Waals surface area contributed by atoms with E-state index in [2.05, 4.69) is 16.0 Å². The van der Waals surface area contributed by atoms with Crippen LogP contribution in [0.4, 0.5) is 0 Å². The summed E-state index contributed by atoms with van der Waals surface area (Å²) in [6, 6.07) is 2.16. The highest BCUT2D eigenvalue weighted by Gasteiger charge is 2.53. The molecule has 0 amide bonds. The van der Waals surface area contributed by atoms with Gasteiger partial charge in [0.15, 0.2) is 5.78 Å². The van der Waals surface area contributed by atoms with Gasteiger partial charge in [-0.1, -0.05) is 13.8 Å². The Balaban J connectivity index is 1.83. The summed E-state index contributed by atoms with van der Waals surface area (Å²) >= 11 is 0. The number of hydrogen-bond acceptors (Lipinski definition) is 5. The number of nitrogens with zero attached hydrogens (tertiary/aromatic N) is 3. The van der Waals surface area contributed by atoms with Crippen LogP contribution in [0.15, 0.2) is 18.6 Å². The predicted octanol–water partition coefficient (Wildman–Crippen LogP) is 2.25. The van der Waals surface area contributed by atoms with Crippen molar-refractivity contribution in [1.29, 1.82) is 5.26 Å². The summed E-state index contributed by atoms with van der Waals surface area (Å²) in [6.45, 7) is 4.42. The molecule has 5 heteroatoms. The van der Waals surface area contributed by atoms with Gasteiger partial charge in [0.25, 0.3) is 0 Å². The molecule has 2 fully saturated rings. The van der Waals surface area contributed by atoms with Crippen molar-refractivity contribution in [3.8, 4) is 6.07 Å². The van der Waals surface area contributed by atoms with Crippen LogP contribution in [0.1, 0.15) is 44.7 Å². The number of carbonyl (C=O) groups is 1. The molecule has 1 aliphatic carbocycles. The maximum absolute atomic E-state index is 12.3. The molecule has 1 spiro atoms. The van der Waals surface area contributed by atoms with Gasteiger partial charge in [-0.25, -0.2) is 0 Å². The molecule has 3 atom stereocenters. The Bertz CT molecular complexity index is 593. The van der Waals surface area contributed by atoms with Crippen LogP contribution in [-0.2, 0) is 9.53 Å². The zero-order valence-corrected chi connectivity index (χ0v) is 12.4. The molecule has 0 N–H and O–H groups in total. The third kappa shape index (κ3) is 2.44. The van der Waals surface area contributed by atoms with Crippen molar-refractivity contribution in [2.24, 2.45) is 11.3 Å². The smallest absolute Gasteiger partial charge is 0.155 e. The highest BCUT2D eigenvalue weighted by Crippen LogP contribution is 2.50. The van der Waals surface area contributed by atoms with Crippen molar-refractivity contribution in [3.63, 3.8) is 0 Å². The third-order valence-corrected chi connectivity index (χ3v) is 4.69. The highest BCUT2D eigenvalue weighted by molar-refractivity contribution is 5.89. The fraction of sp³-hybridized carbons (Fsp3) is 0.625. The number of aromatic nitrogens is 2. The molecule has 1 saturated carbocycles. The zero-order valence-electron chi connectivity index (χ0n) is 12.4. The predicted molar refractivity (Wildman–Crippen MR) is 75.2 cm³/mol. The van der Waals surface area contributed by atoms with Crippen molar-refractivity contribution in [2.75, 3.05) is 6.61 Å². The molecule has 0 radical (unpaired) electrons. The number of ether oxygens (including phenoxy) is 1. The Morgan fingerprint density at radius 2 is 2.19 bits per heavy atom. The van der Waals surface area contributed by atoms with Crippen LogP contribution in [-0.4, -0.2) is 28.0 Å². The second-order valence-corrected chi connectivity index (χ2v) is 6.84. The molecule has 3 rings (SSSR count). The molecule has 5 nitrogen and oxygen atoms in total. The van der Waals surface area contributed by atoms with E-state index in [0.29, 0.717) is 19.4 Å².